The van der Waals surface area contributed by atoms with Gasteiger partial charge in [-0.05, 0) is 49.3 Å². The van der Waals surface area contributed by atoms with E-state index in [0.29, 0.717) is 29.3 Å². The van der Waals surface area contributed by atoms with Gasteiger partial charge in [0.15, 0.2) is 0 Å². The molecule has 0 spiro atoms. The topological polar surface area (TPSA) is 38.0 Å². The maximum Gasteiger partial charge on any atom is 0.148 e. The molecule has 2 unspecified atom stereocenters. The van der Waals surface area contributed by atoms with Crippen molar-refractivity contribution in [3.8, 4) is 0 Å². The average molecular weight is 236 g/mol. The summed E-state index contributed by atoms with van der Waals surface area (Å²) in [5.41, 5.74) is 6.58. The smallest absolute Gasteiger partial charge is 0.148 e. The second-order valence-electron chi connectivity index (χ2n) is 5.50. The zero-order chi connectivity index (χ0) is 12.4. The van der Waals surface area contributed by atoms with Crippen molar-refractivity contribution in [1.82, 2.24) is 0 Å². The second-order valence-corrected chi connectivity index (χ2v) is 5.50. The van der Waals surface area contributed by atoms with Crippen LogP contribution in [-0.2, 0) is 0 Å². The Morgan fingerprint density at radius 2 is 1.82 bits per heavy atom. The first kappa shape index (κ1) is 12.2. The van der Waals surface area contributed by atoms with Gasteiger partial charge < -0.3 is 11.1 Å². The molecule has 94 valence electrons. The third-order valence-corrected chi connectivity index (χ3v) is 3.53. The van der Waals surface area contributed by atoms with Crippen molar-refractivity contribution < 1.29 is 4.39 Å². The Hall–Kier alpha value is -1.25. The highest BCUT2D eigenvalue weighted by molar-refractivity contribution is 5.53. The summed E-state index contributed by atoms with van der Waals surface area (Å²) < 4.78 is 13.7. The van der Waals surface area contributed by atoms with Gasteiger partial charge in [0.25, 0.3) is 0 Å². The van der Waals surface area contributed by atoms with Crippen molar-refractivity contribution in [2.75, 3.05) is 11.1 Å². The Labute approximate surface area is 102 Å². The lowest BCUT2D eigenvalue weighted by atomic mass is 9.80. The van der Waals surface area contributed by atoms with Crippen LogP contribution in [0.15, 0.2) is 18.2 Å². The van der Waals surface area contributed by atoms with Crippen LogP contribution >= 0.6 is 0 Å². The third-order valence-electron chi connectivity index (χ3n) is 3.53. The Kier molecular flexibility index (Phi) is 3.55. The molecule has 0 heterocycles. The summed E-state index contributed by atoms with van der Waals surface area (Å²) in [4.78, 5) is 0. The highest BCUT2D eigenvalue weighted by atomic mass is 19.1. The Balaban J connectivity index is 2.04. The molecule has 0 saturated heterocycles. The van der Waals surface area contributed by atoms with Crippen molar-refractivity contribution in [1.29, 1.82) is 0 Å². The number of hydrogen-bond acceptors (Lipinski definition) is 2. The van der Waals surface area contributed by atoms with E-state index in [4.69, 9.17) is 5.73 Å². The molecule has 0 amide bonds. The zero-order valence-electron chi connectivity index (χ0n) is 10.5. The summed E-state index contributed by atoms with van der Waals surface area (Å²) in [6.07, 6.45) is 3.52. The second kappa shape index (κ2) is 4.94. The third kappa shape index (κ3) is 3.11. The number of hydrogen-bond donors (Lipinski definition) is 2. The number of nitrogens with one attached hydrogen (secondary N) is 1. The quantitative estimate of drug-likeness (QED) is 0.769. The maximum absolute atomic E-state index is 13.7. The summed E-state index contributed by atoms with van der Waals surface area (Å²) in [7, 11) is 0. The number of nitrogen functional groups attached to an aromatic ring is 1. The zero-order valence-corrected chi connectivity index (χ0v) is 10.5. The van der Waals surface area contributed by atoms with Crippen molar-refractivity contribution in [2.24, 2.45) is 11.8 Å². The summed E-state index contributed by atoms with van der Waals surface area (Å²) in [6.45, 7) is 4.54. The fraction of sp³-hybridized carbons (Fsp3) is 0.571. The van der Waals surface area contributed by atoms with Crippen molar-refractivity contribution in [2.45, 2.75) is 39.2 Å². The van der Waals surface area contributed by atoms with Crippen LogP contribution in [0.2, 0.25) is 0 Å². The first-order chi connectivity index (χ1) is 8.04. The monoisotopic (exact) mass is 236 g/mol. The molecule has 1 aliphatic rings. The fourth-order valence-electron chi connectivity index (χ4n) is 2.93. The van der Waals surface area contributed by atoms with Crippen LogP contribution < -0.4 is 11.1 Å². The highest BCUT2D eigenvalue weighted by Gasteiger charge is 2.24. The summed E-state index contributed by atoms with van der Waals surface area (Å²) in [5, 5.41) is 3.31. The molecular formula is C14H21FN2. The minimum Gasteiger partial charge on any atom is -0.399 e. The lowest BCUT2D eigenvalue weighted by Crippen LogP contribution is -2.30. The minimum absolute atomic E-state index is 0.254. The molecule has 2 rings (SSSR count). The molecule has 1 aromatic rings. The number of benzene rings is 1. The van der Waals surface area contributed by atoms with Gasteiger partial charge in [-0.2, -0.15) is 0 Å². The first-order valence-electron chi connectivity index (χ1n) is 6.36. The predicted octanol–water partition coefficient (Wildman–Crippen LogP) is 3.64. The number of rotatable bonds is 2. The van der Waals surface area contributed by atoms with E-state index in [1.165, 1.54) is 12.5 Å². The van der Waals surface area contributed by atoms with Crippen LogP contribution in [0.25, 0.3) is 0 Å². The lowest BCUT2D eigenvalue weighted by molar-refractivity contribution is 0.280. The van der Waals surface area contributed by atoms with Gasteiger partial charge in [-0.1, -0.05) is 13.8 Å². The molecule has 1 fully saturated rings. The van der Waals surface area contributed by atoms with Gasteiger partial charge in [-0.25, -0.2) is 4.39 Å². The molecule has 1 aliphatic carbocycles. The van der Waals surface area contributed by atoms with Gasteiger partial charge in [-0.3, -0.25) is 0 Å². The molecule has 2 atom stereocenters. The molecule has 1 saturated carbocycles. The minimum atomic E-state index is -0.254. The molecule has 17 heavy (non-hydrogen) atoms. The number of halogens is 1. The van der Waals surface area contributed by atoms with E-state index < -0.39 is 0 Å². The van der Waals surface area contributed by atoms with Crippen LogP contribution in [0.4, 0.5) is 15.8 Å². The van der Waals surface area contributed by atoms with Crippen LogP contribution in [0.3, 0.4) is 0 Å². The van der Waals surface area contributed by atoms with Crippen molar-refractivity contribution in [3.63, 3.8) is 0 Å². The van der Waals surface area contributed by atoms with Crippen molar-refractivity contribution in [3.05, 3.63) is 24.0 Å². The highest BCUT2D eigenvalue weighted by Crippen LogP contribution is 2.31. The van der Waals surface area contributed by atoms with E-state index >= 15 is 0 Å². The van der Waals surface area contributed by atoms with E-state index in [0.717, 1.165) is 12.8 Å². The molecule has 0 bridgehead atoms. The van der Waals surface area contributed by atoms with Crippen LogP contribution in [0.5, 0.6) is 0 Å². The summed E-state index contributed by atoms with van der Waals surface area (Å²) in [5.74, 6) is 1.18. The molecule has 3 heteroatoms. The molecule has 0 radical (unpaired) electrons. The number of nitrogens with two attached hydrogens (primary N) is 1. The van der Waals surface area contributed by atoms with Crippen LogP contribution in [0.1, 0.15) is 33.1 Å². The lowest BCUT2D eigenvalue weighted by Gasteiger charge is -2.32. The van der Waals surface area contributed by atoms with E-state index in [2.05, 4.69) is 19.2 Å². The molecule has 1 aromatic carbocycles. The van der Waals surface area contributed by atoms with Gasteiger partial charge in [0.2, 0.25) is 0 Å². The maximum atomic E-state index is 13.7. The van der Waals surface area contributed by atoms with Gasteiger partial charge in [0, 0.05) is 11.7 Å². The summed E-state index contributed by atoms with van der Waals surface area (Å²) >= 11 is 0. The molecular weight excluding hydrogens is 215 g/mol. The standard InChI is InChI=1S/C14H21FN2/c1-9-5-10(2)7-12(6-9)17-14-4-3-11(16)8-13(14)15/h3-4,8-10,12,17H,5-7,16H2,1-2H3. The van der Waals surface area contributed by atoms with Gasteiger partial charge in [0.1, 0.15) is 5.82 Å². The molecule has 3 N–H and O–H groups in total. The Morgan fingerprint density at radius 3 is 2.41 bits per heavy atom. The van der Waals surface area contributed by atoms with E-state index in [1.807, 2.05) is 0 Å². The molecule has 0 aliphatic heterocycles. The average Bonchev–Trinajstić information content (AvgIpc) is 2.21. The van der Waals surface area contributed by atoms with E-state index in [1.54, 1.807) is 12.1 Å². The fourth-order valence-corrected chi connectivity index (χ4v) is 2.93. The van der Waals surface area contributed by atoms with Gasteiger partial charge >= 0.3 is 0 Å². The normalized spacial score (nSPS) is 29.0. The molecule has 0 aromatic heterocycles. The van der Waals surface area contributed by atoms with Crippen molar-refractivity contribution >= 4 is 11.4 Å². The SMILES string of the molecule is CC1CC(C)CC(Nc2ccc(N)cc2F)C1. The first-order valence-corrected chi connectivity index (χ1v) is 6.36. The molecule has 2 nitrogen and oxygen atoms in total. The van der Waals surface area contributed by atoms with Gasteiger partial charge in [-0.15, -0.1) is 0 Å². The predicted molar refractivity (Wildman–Crippen MR) is 70.4 cm³/mol. The number of anilines is 2. The van der Waals surface area contributed by atoms with E-state index in [-0.39, 0.29) is 5.82 Å². The van der Waals surface area contributed by atoms with Crippen LogP contribution in [-0.4, -0.2) is 6.04 Å². The Bertz CT molecular complexity index is 382. The largest absolute Gasteiger partial charge is 0.399 e. The van der Waals surface area contributed by atoms with Crippen LogP contribution in [0, 0.1) is 17.7 Å². The Morgan fingerprint density at radius 1 is 1.18 bits per heavy atom. The van der Waals surface area contributed by atoms with Gasteiger partial charge in [0.05, 0.1) is 5.69 Å². The summed E-state index contributed by atoms with van der Waals surface area (Å²) in [6, 6.07) is 5.22. The van der Waals surface area contributed by atoms with E-state index in [9.17, 15) is 4.39 Å².